The van der Waals surface area contributed by atoms with Gasteiger partial charge < -0.3 is 0 Å². The van der Waals surface area contributed by atoms with Gasteiger partial charge in [0.05, 0.1) is 18.1 Å². The SMILES string of the molecule is N#Cc1ccc(N(C(=O)CCCl)C(Cl)CC(=O)Cl)cc1. The minimum atomic E-state index is -0.899. The smallest absolute Gasteiger partial charge is 0.229 e. The molecule has 106 valence electrons. The third-order valence-corrected chi connectivity index (χ3v) is 3.15. The van der Waals surface area contributed by atoms with Crippen molar-refractivity contribution < 1.29 is 9.59 Å². The maximum atomic E-state index is 12.1. The quantitative estimate of drug-likeness (QED) is 0.456. The van der Waals surface area contributed by atoms with Crippen LogP contribution in [0.25, 0.3) is 0 Å². The number of hydrogen-bond acceptors (Lipinski definition) is 3. The Hall–Kier alpha value is -1.28. The molecule has 0 aliphatic heterocycles. The van der Waals surface area contributed by atoms with Crippen LogP contribution in [0.3, 0.4) is 0 Å². The van der Waals surface area contributed by atoms with E-state index in [1.807, 2.05) is 6.07 Å². The largest absolute Gasteiger partial charge is 0.295 e. The van der Waals surface area contributed by atoms with Crippen molar-refractivity contribution in [2.45, 2.75) is 18.3 Å². The first-order chi connectivity index (χ1) is 9.49. The molecule has 0 bridgehead atoms. The van der Waals surface area contributed by atoms with Gasteiger partial charge in [0.25, 0.3) is 0 Å². The van der Waals surface area contributed by atoms with Crippen LogP contribution in [0.15, 0.2) is 24.3 Å². The molecule has 0 fully saturated rings. The van der Waals surface area contributed by atoms with Gasteiger partial charge in [0.1, 0.15) is 5.50 Å². The molecular formula is C13H11Cl3N2O2. The zero-order valence-electron chi connectivity index (χ0n) is 10.4. The number of benzene rings is 1. The van der Waals surface area contributed by atoms with Crippen LogP contribution in [0, 0.1) is 11.3 Å². The first-order valence-corrected chi connectivity index (χ1v) is 7.05. The van der Waals surface area contributed by atoms with Gasteiger partial charge >= 0.3 is 0 Å². The Labute approximate surface area is 131 Å². The summed E-state index contributed by atoms with van der Waals surface area (Å²) in [6, 6.07) is 8.26. The maximum Gasteiger partial charge on any atom is 0.229 e. The highest BCUT2D eigenvalue weighted by molar-refractivity contribution is 6.64. The lowest BCUT2D eigenvalue weighted by molar-refractivity contribution is -0.118. The number of alkyl halides is 2. The van der Waals surface area contributed by atoms with Gasteiger partial charge in [0.2, 0.25) is 11.1 Å². The van der Waals surface area contributed by atoms with Crippen LogP contribution < -0.4 is 4.90 Å². The van der Waals surface area contributed by atoms with Gasteiger partial charge in [-0.1, -0.05) is 11.6 Å². The Morgan fingerprint density at radius 3 is 2.35 bits per heavy atom. The average Bonchev–Trinajstić information content (AvgIpc) is 2.39. The molecule has 1 aromatic rings. The number of hydrogen-bond donors (Lipinski definition) is 0. The van der Waals surface area contributed by atoms with Crippen LogP contribution in [0.5, 0.6) is 0 Å². The molecule has 1 amide bonds. The molecule has 0 aliphatic rings. The molecule has 0 N–H and O–H groups in total. The molecule has 1 unspecified atom stereocenters. The predicted octanol–water partition coefficient (Wildman–Crippen LogP) is 3.24. The van der Waals surface area contributed by atoms with E-state index in [1.165, 1.54) is 4.90 Å². The zero-order valence-corrected chi connectivity index (χ0v) is 12.6. The van der Waals surface area contributed by atoms with Crippen LogP contribution in [0.1, 0.15) is 18.4 Å². The number of nitrogens with zero attached hydrogens (tertiary/aromatic N) is 2. The summed E-state index contributed by atoms with van der Waals surface area (Å²) in [6.07, 6.45) is -0.0988. The Balaban J connectivity index is 3.05. The highest BCUT2D eigenvalue weighted by Gasteiger charge is 2.24. The third-order valence-electron chi connectivity index (χ3n) is 2.46. The standard InChI is InChI=1S/C13H11Cl3N2O2/c14-6-5-13(20)18(11(15)7-12(16)19)10-3-1-9(8-17)2-4-10/h1-4,11H,5-7H2. The molecule has 0 saturated heterocycles. The van der Waals surface area contributed by atoms with Crippen molar-refractivity contribution in [3.05, 3.63) is 29.8 Å². The number of anilines is 1. The fraction of sp³-hybridized carbons (Fsp3) is 0.308. The predicted molar refractivity (Wildman–Crippen MR) is 79.1 cm³/mol. The summed E-state index contributed by atoms with van der Waals surface area (Å²) < 4.78 is 0. The fourth-order valence-corrected chi connectivity index (χ4v) is 2.33. The molecule has 7 heteroatoms. The molecule has 1 rings (SSSR count). The van der Waals surface area contributed by atoms with E-state index >= 15 is 0 Å². The summed E-state index contributed by atoms with van der Waals surface area (Å²) in [5, 5.41) is 8.12. The molecular weight excluding hydrogens is 323 g/mol. The first-order valence-electron chi connectivity index (χ1n) is 5.70. The molecule has 1 atom stereocenters. The molecule has 0 aromatic heterocycles. The number of amides is 1. The monoisotopic (exact) mass is 332 g/mol. The van der Waals surface area contributed by atoms with Gasteiger partial charge in [-0.2, -0.15) is 5.26 Å². The van der Waals surface area contributed by atoms with Crippen molar-refractivity contribution in [1.82, 2.24) is 0 Å². The van der Waals surface area contributed by atoms with Gasteiger partial charge in [-0.15, -0.1) is 11.6 Å². The average molecular weight is 334 g/mol. The Kier molecular flexibility index (Phi) is 6.80. The van der Waals surface area contributed by atoms with Crippen molar-refractivity contribution in [2.24, 2.45) is 0 Å². The fourth-order valence-electron chi connectivity index (χ4n) is 1.58. The normalized spacial score (nSPS) is 11.5. The lowest BCUT2D eigenvalue weighted by Crippen LogP contribution is -2.38. The van der Waals surface area contributed by atoms with Crippen LogP contribution in [-0.2, 0) is 9.59 Å². The number of carbonyl (C=O) groups excluding carboxylic acids is 2. The van der Waals surface area contributed by atoms with Crippen LogP contribution in [0.2, 0.25) is 0 Å². The van der Waals surface area contributed by atoms with Crippen molar-refractivity contribution in [2.75, 3.05) is 10.8 Å². The Morgan fingerprint density at radius 2 is 1.90 bits per heavy atom. The van der Waals surface area contributed by atoms with E-state index in [0.717, 1.165) is 0 Å². The van der Waals surface area contributed by atoms with Crippen LogP contribution in [-0.4, -0.2) is 22.5 Å². The summed E-state index contributed by atoms with van der Waals surface area (Å²) in [5.41, 5.74) is 0.0405. The minimum absolute atomic E-state index is 0.0846. The van der Waals surface area contributed by atoms with Gasteiger partial charge in [0, 0.05) is 18.0 Å². The minimum Gasteiger partial charge on any atom is -0.295 e. The molecule has 0 saturated carbocycles. The summed E-state index contributed by atoms with van der Waals surface area (Å²) in [5.74, 6) is -0.174. The van der Waals surface area contributed by atoms with Gasteiger partial charge in [-0.3, -0.25) is 14.5 Å². The molecule has 0 radical (unpaired) electrons. The second-order valence-electron chi connectivity index (χ2n) is 3.86. The first kappa shape index (κ1) is 16.8. The number of carbonyl (C=O) groups is 2. The maximum absolute atomic E-state index is 12.1. The van der Waals surface area contributed by atoms with E-state index in [9.17, 15) is 9.59 Å². The van der Waals surface area contributed by atoms with Crippen LogP contribution in [0.4, 0.5) is 5.69 Å². The molecule has 0 aliphatic carbocycles. The van der Waals surface area contributed by atoms with Crippen LogP contribution >= 0.6 is 34.8 Å². The summed E-state index contributed by atoms with van der Waals surface area (Å²) >= 11 is 16.9. The molecule has 1 aromatic carbocycles. The lowest BCUT2D eigenvalue weighted by atomic mass is 10.2. The summed E-state index contributed by atoms with van der Waals surface area (Å²) in [4.78, 5) is 24.3. The van der Waals surface area contributed by atoms with Gasteiger partial charge in [0.15, 0.2) is 0 Å². The van der Waals surface area contributed by atoms with E-state index in [2.05, 4.69) is 0 Å². The van der Waals surface area contributed by atoms with E-state index in [0.29, 0.717) is 11.3 Å². The number of nitriles is 1. The third kappa shape index (κ3) is 4.68. The van der Waals surface area contributed by atoms with E-state index in [4.69, 9.17) is 40.1 Å². The van der Waals surface area contributed by atoms with Gasteiger partial charge in [-0.25, -0.2) is 0 Å². The van der Waals surface area contributed by atoms with Crippen molar-refractivity contribution in [1.29, 1.82) is 5.26 Å². The second-order valence-corrected chi connectivity index (χ2v) is 5.16. The van der Waals surface area contributed by atoms with E-state index in [-0.39, 0.29) is 24.6 Å². The van der Waals surface area contributed by atoms with E-state index < -0.39 is 10.7 Å². The number of halogens is 3. The van der Waals surface area contributed by atoms with E-state index in [1.54, 1.807) is 24.3 Å². The lowest BCUT2D eigenvalue weighted by Gasteiger charge is -2.27. The zero-order chi connectivity index (χ0) is 15.1. The molecule has 20 heavy (non-hydrogen) atoms. The molecule has 4 nitrogen and oxygen atoms in total. The van der Waals surface area contributed by atoms with Gasteiger partial charge in [-0.05, 0) is 35.9 Å². The number of rotatable bonds is 6. The summed E-state index contributed by atoms with van der Waals surface area (Å²) in [7, 11) is 0. The summed E-state index contributed by atoms with van der Waals surface area (Å²) in [6.45, 7) is 0. The highest BCUT2D eigenvalue weighted by Crippen LogP contribution is 2.23. The molecule has 0 spiro atoms. The second kappa shape index (κ2) is 8.11. The Bertz CT molecular complexity index is 525. The van der Waals surface area contributed by atoms with Crippen molar-refractivity contribution in [3.63, 3.8) is 0 Å². The topological polar surface area (TPSA) is 61.2 Å². The molecule has 0 heterocycles. The van der Waals surface area contributed by atoms with Crippen molar-refractivity contribution >= 4 is 51.6 Å². The highest BCUT2D eigenvalue weighted by atomic mass is 35.5. The Morgan fingerprint density at radius 1 is 1.30 bits per heavy atom. The van der Waals surface area contributed by atoms with Crippen molar-refractivity contribution in [3.8, 4) is 6.07 Å².